The largest absolute Gasteiger partial charge is 0.488 e. The molecule has 0 aliphatic rings. The monoisotopic (exact) mass is 289 g/mol. The van der Waals surface area contributed by atoms with Crippen molar-refractivity contribution in [1.82, 2.24) is 0 Å². The van der Waals surface area contributed by atoms with Gasteiger partial charge in [0, 0.05) is 6.21 Å². The predicted octanol–water partition coefficient (Wildman–Crippen LogP) is 3.21. The van der Waals surface area contributed by atoms with Gasteiger partial charge in [-0.25, -0.2) is 13.0 Å². The molecular formula is C13H17F2NO2S. The molecule has 0 aliphatic heterocycles. The van der Waals surface area contributed by atoms with Crippen LogP contribution < -0.4 is 4.74 Å². The van der Waals surface area contributed by atoms with Crippen molar-refractivity contribution in [3.05, 3.63) is 29.8 Å². The fourth-order valence-corrected chi connectivity index (χ4v) is 1.64. The number of nitrogens with zero attached hydrogens (tertiary/aromatic N) is 1. The number of benzene rings is 1. The third-order valence-electron chi connectivity index (χ3n) is 2.06. The number of halogens is 2. The van der Waals surface area contributed by atoms with Crippen molar-refractivity contribution in [2.75, 3.05) is 6.61 Å². The van der Waals surface area contributed by atoms with E-state index in [1.54, 1.807) is 24.3 Å². The van der Waals surface area contributed by atoms with Crippen LogP contribution in [-0.4, -0.2) is 28.2 Å². The molecule has 1 atom stereocenters. The number of rotatable bonds is 5. The molecule has 19 heavy (non-hydrogen) atoms. The minimum atomic E-state index is -2.51. The van der Waals surface area contributed by atoms with Crippen molar-refractivity contribution in [3.8, 4) is 5.75 Å². The Bertz CT molecular complexity index is 470. The van der Waals surface area contributed by atoms with Crippen molar-refractivity contribution >= 4 is 17.2 Å². The van der Waals surface area contributed by atoms with E-state index in [-0.39, 0.29) is 0 Å². The molecule has 0 saturated carbocycles. The van der Waals surface area contributed by atoms with Crippen LogP contribution in [0.25, 0.3) is 0 Å². The first-order valence-electron chi connectivity index (χ1n) is 5.76. The van der Waals surface area contributed by atoms with Gasteiger partial charge in [-0.1, -0.05) is 12.1 Å². The summed E-state index contributed by atoms with van der Waals surface area (Å²) in [4.78, 5) is 0. The van der Waals surface area contributed by atoms with Gasteiger partial charge in [0.05, 0.1) is 4.75 Å². The van der Waals surface area contributed by atoms with Gasteiger partial charge in [-0.2, -0.15) is 4.40 Å². The molecule has 0 aliphatic carbocycles. The van der Waals surface area contributed by atoms with E-state index in [1.165, 1.54) is 6.21 Å². The molecule has 6 heteroatoms. The topological polar surface area (TPSA) is 38.7 Å². The van der Waals surface area contributed by atoms with E-state index in [4.69, 9.17) is 4.74 Å². The third-order valence-corrected chi connectivity index (χ3v) is 3.40. The van der Waals surface area contributed by atoms with Gasteiger partial charge in [0.1, 0.15) is 23.3 Å². The van der Waals surface area contributed by atoms with Gasteiger partial charge in [0.2, 0.25) is 0 Å². The van der Waals surface area contributed by atoms with Crippen LogP contribution in [-0.2, 0) is 11.0 Å². The standard InChI is InChI=1S/C13H17F2NO2S/c1-13(2,3)19(17)16-8-10-5-4-6-11(7-10)18-9-12(14)15/h4-8,12H,9H2,1-3H3. The van der Waals surface area contributed by atoms with E-state index >= 15 is 0 Å². The molecule has 0 N–H and O–H groups in total. The lowest BCUT2D eigenvalue weighted by atomic mass is 10.2. The summed E-state index contributed by atoms with van der Waals surface area (Å²) < 4.78 is 44.2. The Labute approximate surface area is 114 Å². The molecule has 3 nitrogen and oxygen atoms in total. The highest BCUT2D eigenvalue weighted by atomic mass is 32.2. The molecule has 0 aromatic heterocycles. The lowest BCUT2D eigenvalue weighted by molar-refractivity contribution is 0.0819. The first-order chi connectivity index (χ1) is 8.79. The Morgan fingerprint density at radius 2 is 2.11 bits per heavy atom. The molecule has 0 amide bonds. The first kappa shape index (κ1) is 15.8. The molecule has 1 aromatic carbocycles. The van der Waals surface area contributed by atoms with Crippen LogP contribution >= 0.6 is 0 Å². The summed E-state index contributed by atoms with van der Waals surface area (Å²) in [5.41, 5.74) is 0.657. The second-order valence-corrected chi connectivity index (χ2v) is 6.80. The number of alkyl halides is 2. The average molecular weight is 289 g/mol. The first-order valence-corrected chi connectivity index (χ1v) is 6.87. The molecule has 0 bridgehead atoms. The lowest BCUT2D eigenvalue weighted by Crippen LogP contribution is -2.19. The van der Waals surface area contributed by atoms with Crippen LogP contribution in [0, 0.1) is 0 Å². The quantitative estimate of drug-likeness (QED) is 0.781. The minimum Gasteiger partial charge on any atom is -0.488 e. The van der Waals surface area contributed by atoms with Crippen LogP contribution in [0.1, 0.15) is 26.3 Å². The predicted molar refractivity (Wildman–Crippen MR) is 73.4 cm³/mol. The molecule has 0 saturated heterocycles. The highest BCUT2D eigenvalue weighted by Gasteiger charge is 2.18. The van der Waals surface area contributed by atoms with Gasteiger partial charge in [-0.15, -0.1) is 0 Å². The third kappa shape index (κ3) is 5.92. The number of hydrogen-bond acceptors (Lipinski definition) is 2. The number of ether oxygens (including phenoxy) is 1. The summed E-state index contributed by atoms with van der Waals surface area (Å²) in [6.07, 6.45) is -1.05. The summed E-state index contributed by atoms with van der Waals surface area (Å²) in [5, 5.41) is 0. The number of hydrogen-bond donors (Lipinski definition) is 0. The van der Waals surface area contributed by atoms with Crippen LogP contribution in [0.5, 0.6) is 5.75 Å². The van der Waals surface area contributed by atoms with Crippen molar-refractivity contribution in [2.45, 2.75) is 31.9 Å². The maximum atomic E-state index is 12.0. The lowest BCUT2D eigenvalue weighted by Gasteiger charge is -2.12. The van der Waals surface area contributed by atoms with E-state index in [0.29, 0.717) is 11.3 Å². The SMILES string of the molecule is CC(C)(C)S(=O)N=Cc1cccc(OCC(F)F)c1. The van der Waals surface area contributed by atoms with Crippen LogP contribution in [0.3, 0.4) is 0 Å². The zero-order chi connectivity index (χ0) is 14.5. The normalized spacial score (nSPS) is 14.0. The van der Waals surface area contributed by atoms with Gasteiger partial charge in [0.25, 0.3) is 6.43 Å². The van der Waals surface area contributed by atoms with Crippen LogP contribution in [0.15, 0.2) is 28.7 Å². The van der Waals surface area contributed by atoms with Gasteiger partial charge < -0.3 is 4.74 Å². The molecular weight excluding hydrogens is 272 g/mol. The molecule has 1 rings (SSSR count). The summed E-state index contributed by atoms with van der Waals surface area (Å²) >= 11 is 0. The highest BCUT2D eigenvalue weighted by molar-refractivity contribution is 7.85. The summed E-state index contributed by atoms with van der Waals surface area (Å²) in [7, 11) is -1.35. The maximum absolute atomic E-state index is 12.0. The fourth-order valence-electron chi connectivity index (χ4n) is 1.11. The highest BCUT2D eigenvalue weighted by Crippen LogP contribution is 2.15. The maximum Gasteiger partial charge on any atom is 0.272 e. The van der Waals surface area contributed by atoms with Gasteiger partial charge >= 0.3 is 0 Å². The fraction of sp³-hybridized carbons (Fsp3) is 0.462. The van der Waals surface area contributed by atoms with Crippen molar-refractivity contribution < 1.29 is 17.7 Å². The van der Waals surface area contributed by atoms with E-state index in [0.717, 1.165) is 0 Å². The Kier molecular flexibility index (Phi) is 5.60. The van der Waals surface area contributed by atoms with Crippen molar-refractivity contribution in [3.63, 3.8) is 0 Å². The molecule has 0 fully saturated rings. The summed E-state index contributed by atoms with van der Waals surface area (Å²) in [5.74, 6) is 0.339. The zero-order valence-corrected chi connectivity index (χ0v) is 11.9. The Balaban J connectivity index is 2.72. The van der Waals surface area contributed by atoms with E-state index < -0.39 is 28.8 Å². The second kappa shape index (κ2) is 6.75. The van der Waals surface area contributed by atoms with E-state index in [9.17, 15) is 13.0 Å². The van der Waals surface area contributed by atoms with Crippen LogP contribution in [0.4, 0.5) is 8.78 Å². The molecule has 106 valence electrons. The smallest absolute Gasteiger partial charge is 0.272 e. The van der Waals surface area contributed by atoms with E-state index in [1.807, 2.05) is 20.8 Å². The molecule has 1 unspecified atom stereocenters. The Hall–Kier alpha value is -1.30. The van der Waals surface area contributed by atoms with Gasteiger partial charge in [0.15, 0.2) is 0 Å². The Morgan fingerprint density at radius 1 is 1.42 bits per heavy atom. The molecule has 1 aromatic rings. The van der Waals surface area contributed by atoms with E-state index in [2.05, 4.69) is 4.40 Å². The molecule has 0 radical (unpaired) electrons. The van der Waals surface area contributed by atoms with Crippen molar-refractivity contribution in [2.24, 2.45) is 4.40 Å². The molecule has 0 spiro atoms. The van der Waals surface area contributed by atoms with Crippen molar-refractivity contribution in [1.29, 1.82) is 0 Å². The molecule has 0 heterocycles. The van der Waals surface area contributed by atoms with Gasteiger partial charge in [-0.3, -0.25) is 0 Å². The minimum absolute atomic E-state index is 0.339. The average Bonchev–Trinajstić information content (AvgIpc) is 2.32. The van der Waals surface area contributed by atoms with Crippen LogP contribution in [0.2, 0.25) is 0 Å². The van der Waals surface area contributed by atoms with Gasteiger partial charge in [-0.05, 0) is 38.5 Å². The second-order valence-electron chi connectivity index (χ2n) is 4.87. The summed E-state index contributed by atoms with van der Waals surface area (Å²) in [6.45, 7) is 4.82. The summed E-state index contributed by atoms with van der Waals surface area (Å²) in [6, 6.07) is 6.56. The zero-order valence-electron chi connectivity index (χ0n) is 11.1. The Morgan fingerprint density at radius 3 is 2.68 bits per heavy atom.